The van der Waals surface area contributed by atoms with Crippen LogP contribution in [-0.2, 0) is 23.1 Å². The van der Waals surface area contributed by atoms with E-state index in [0.29, 0.717) is 6.54 Å². The molecule has 1 N–H and O–H groups in total. The molecule has 4 aromatic rings. The van der Waals surface area contributed by atoms with Crippen LogP contribution in [0.4, 0.5) is 0 Å². The fourth-order valence-electron chi connectivity index (χ4n) is 5.77. The lowest BCUT2D eigenvalue weighted by molar-refractivity contribution is 0.0697. The molecule has 0 atom stereocenters. The van der Waals surface area contributed by atoms with E-state index in [-0.39, 0.29) is 16.4 Å². The second-order valence-electron chi connectivity index (χ2n) is 11.5. The van der Waals surface area contributed by atoms with Crippen LogP contribution in [0.3, 0.4) is 0 Å². The number of aromatic nitrogens is 3. The zero-order valence-corrected chi connectivity index (χ0v) is 22.5. The Balaban J connectivity index is 1.56. The predicted octanol–water partition coefficient (Wildman–Crippen LogP) is 7.31. The summed E-state index contributed by atoms with van der Waals surface area (Å²) < 4.78 is 2.12. The third-order valence-electron chi connectivity index (χ3n) is 8.09. The molecule has 0 unspecified atom stereocenters. The van der Waals surface area contributed by atoms with E-state index >= 15 is 0 Å². The van der Waals surface area contributed by atoms with E-state index in [1.165, 1.54) is 40.0 Å². The summed E-state index contributed by atoms with van der Waals surface area (Å²) in [5.41, 5.74) is 10.1. The number of thioether (sulfide) groups is 1. The van der Waals surface area contributed by atoms with Crippen LogP contribution in [0.1, 0.15) is 73.1 Å². The second-order valence-corrected chi connectivity index (χ2v) is 12.5. The van der Waals surface area contributed by atoms with E-state index in [4.69, 9.17) is 5.10 Å². The maximum atomic E-state index is 11.4. The van der Waals surface area contributed by atoms with Gasteiger partial charge in [-0.15, -0.1) is 11.8 Å². The normalized spacial score (nSPS) is 17.0. The fourth-order valence-corrected chi connectivity index (χ4v) is 6.85. The van der Waals surface area contributed by atoms with Crippen LogP contribution in [0.5, 0.6) is 0 Å². The topological polar surface area (TPSA) is 68.0 Å². The predicted molar refractivity (Wildman–Crippen MR) is 148 cm³/mol. The Morgan fingerprint density at radius 3 is 2.38 bits per heavy atom. The van der Waals surface area contributed by atoms with Gasteiger partial charge in [-0.3, -0.25) is 9.67 Å². The first kappa shape index (κ1) is 24.0. The maximum Gasteiger partial charge on any atom is 0.335 e. The van der Waals surface area contributed by atoms with Gasteiger partial charge in [-0.2, -0.15) is 5.10 Å². The van der Waals surface area contributed by atoms with E-state index in [1.54, 1.807) is 18.3 Å². The fraction of sp³-hybridized carbons (Fsp3) is 0.323. The van der Waals surface area contributed by atoms with Crippen molar-refractivity contribution in [1.29, 1.82) is 0 Å². The maximum absolute atomic E-state index is 11.4. The minimum atomic E-state index is -0.921. The zero-order chi connectivity index (χ0) is 25.9. The van der Waals surface area contributed by atoms with Gasteiger partial charge in [0.2, 0.25) is 0 Å². The summed E-state index contributed by atoms with van der Waals surface area (Å²) in [6, 6.07) is 16.0. The Morgan fingerprint density at radius 2 is 1.73 bits per heavy atom. The number of rotatable bonds is 4. The van der Waals surface area contributed by atoms with E-state index in [0.717, 1.165) is 28.3 Å². The van der Waals surface area contributed by atoms with Crippen LogP contribution in [0.25, 0.3) is 22.5 Å². The lowest BCUT2D eigenvalue weighted by atomic mass is 9.63. The quantitative estimate of drug-likeness (QED) is 0.312. The number of carboxylic acids is 1. The SMILES string of the molecule is CC1(C)CCC(C)(C)c2cc3c(cc21)SCc1c(-c2ccc(C(=O)O)cc2)nn(Cc2cccnc2)c1-3. The molecule has 0 bridgehead atoms. The van der Waals surface area contributed by atoms with Gasteiger partial charge in [0.05, 0.1) is 23.5 Å². The molecule has 2 aromatic heterocycles. The number of hydrogen-bond donors (Lipinski definition) is 1. The van der Waals surface area contributed by atoms with Crippen molar-refractivity contribution in [3.63, 3.8) is 0 Å². The first-order valence-electron chi connectivity index (χ1n) is 12.8. The van der Waals surface area contributed by atoms with Crippen molar-refractivity contribution in [3.8, 4) is 22.5 Å². The van der Waals surface area contributed by atoms with Gasteiger partial charge in [0, 0.05) is 39.7 Å². The minimum absolute atomic E-state index is 0.117. The molecule has 37 heavy (non-hydrogen) atoms. The highest BCUT2D eigenvalue weighted by Crippen LogP contribution is 2.52. The Labute approximate surface area is 222 Å². The third-order valence-corrected chi connectivity index (χ3v) is 9.17. The van der Waals surface area contributed by atoms with Crippen LogP contribution < -0.4 is 0 Å². The molecule has 0 spiro atoms. The van der Waals surface area contributed by atoms with Crippen molar-refractivity contribution < 1.29 is 9.90 Å². The molecular formula is C31H31N3O2S. The highest BCUT2D eigenvalue weighted by Gasteiger charge is 2.39. The zero-order valence-electron chi connectivity index (χ0n) is 21.7. The number of pyridine rings is 1. The Kier molecular flexibility index (Phi) is 5.57. The summed E-state index contributed by atoms with van der Waals surface area (Å²) >= 11 is 1.88. The number of benzene rings is 2. The van der Waals surface area contributed by atoms with Crippen molar-refractivity contribution in [2.45, 2.75) is 68.6 Å². The van der Waals surface area contributed by atoms with Crippen molar-refractivity contribution in [2.75, 3.05) is 0 Å². The van der Waals surface area contributed by atoms with E-state index < -0.39 is 5.97 Å². The van der Waals surface area contributed by atoms with Crippen molar-refractivity contribution in [1.82, 2.24) is 14.8 Å². The molecule has 2 aliphatic rings. The van der Waals surface area contributed by atoms with Crippen LogP contribution in [0, 0.1) is 0 Å². The largest absolute Gasteiger partial charge is 0.478 e. The van der Waals surface area contributed by atoms with Crippen molar-refractivity contribution in [2.24, 2.45) is 0 Å². The molecule has 6 rings (SSSR count). The second kappa shape index (κ2) is 8.59. The lowest BCUT2D eigenvalue weighted by Crippen LogP contribution is -2.34. The van der Waals surface area contributed by atoms with Gasteiger partial charge in [-0.25, -0.2) is 4.79 Å². The number of aromatic carboxylic acids is 1. The van der Waals surface area contributed by atoms with Gasteiger partial charge in [-0.1, -0.05) is 45.9 Å². The third kappa shape index (κ3) is 4.08. The van der Waals surface area contributed by atoms with Gasteiger partial charge < -0.3 is 5.11 Å². The summed E-state index contributed by atoms with van der Waals surface area (Å²) in [7, 11) is 0. The molecule has 0 saturated carbocycles. The summed E-state index contributed by atoms with van der Waals surface area (Å²) in [6.45, 7) is 10.1. The molecule has 1 aliphatic heterocycles. The van der Waals surface area contributed by atoms with E-state index in [9.17, 15) is 9.90 Å². The van der Waals surface area contributed by atoms with Gasteiger partial charge in [0.15, 0.2) is 0 Å². The molecule has 3 heterocycles. The molecule has 5 nitrogen and oxygen atoms in total. The number of nitrogens with zero attached hydrogens (tertiary/aromatic N) is 3. The van der Waals surface area contributed by atoms with Crippen LogP contribution in [0.2, 0.25) is 0 Å². The summed E-state index contributed by atoms with van der Waals surface area (Å²) in [5.74, 6) is -0.0935. The molecule has 188 valence electrons. The van der Waals surface area contributed by atoms with Gasteiger partial charge >= 0.3 is 5.97 Å². The smallest absolute Gasteiger partial charge is 0.335 e. The van der Waals surface area contributed by atoms with Gasteiger partial charge in [-0.05, 0) is 70.7 Å². The monoisotopic (exact) mass is 509 g/mol. The number of carboxylic acid groups (broad SMARTS) is 1. The number of carbonyl (C=O) groups is 1. The standard InChI is InChI=1S/C31H31N3O2S/c1-30(2)11-12-31(3,4)25-15-26-22(14-24(25)30)28-23(18-37-26)27(20-7-9-21(10-8-20)29(35)36)33-34(28)17-19-6-5-13-32-16-19/h5-10,13-16H,11-12,17-18H2,1-4H3,(H,35,36). The first-order chi connectivity index (χ1) is 17.6. The molecule has 0 fully saturated rings. The van der Waals surface area contributed by atoms with Crippen LogP contribution in [0.15, 0.2) is 65.8 Å². The Morgan fingerprint density at radius 1 is 1.03 bits per heavy atom. The number of fused-ring (bicyclic) bond motifs is 4. The summed E-state index contributed by atoms with van der Waals surface area (Å²) in [4.78, 5) is 17.0. The molecule has 0 saturated heterocycles. The average Bonchev–Trinajstić information content (AvgIpc) is 3.25. The van der Waals surface area contributed by atoms with Gasteiger partial charge in [0.1, 0.15) is 0 Å². The lowest BCUT2D eigenvalue weighted by Gasteiger charge is -2.42. The van der Waals surface area contributed by atoms with E-state index in [2.05, 4.69) is 55.6 Å². The molecular weight excluding hydrogens is 478 g/mol. The summed E-state index contributed by atoms with van der Waals surface area (Å²) in [5, 5.41) is 14.5. The number of hydrogen-bond acceptors (Lipinski definition) is 4. The van der Waals surface area contributed by atoms with Gasteiger partial charge in [0.25, 0.3) is 0 Å². The molecule has 6 heteroatoms. The van der Waals surface area contributed by atoms with Crippen LogP contribution in [-0.4, -0.2) is 25.8 Å². The highest BCUT2D eigenvalue weighted by atomic mass is 32.2. The van der Waals surface area contributed by atoms with Crippen molar-refractivity contribution in [3.05, 3.63) is 88.7 Å². The highest BCUT2D eigenvalue weighted by molar-refractivity contribution is 7.98. The summed E-state index contributed by atoms with van der Waals surface area (Å²) in [6.07, 6.45) is 6.05. The molecule has 2 aromatic carbocycles. The first-order valence-corrected chi connectivity index (χ1v) is 13.8. The van der Waals surface area contributed by atoms with E-state index in [1.807, 2.05) is 36.2 Å². The Bertz CT molecular complexity index is 1520. The average molecular weight is 510 g/mol. The minimum Gasteiger partial charge on any atom is -0.478 e. The molecule has 1 aliphatic carbocycles. The molecule has 0 amide bonds. The Hall–Kier alpha value is -3.38. The van der Waals surface area contributed by atoms with Crippen LogP contribution >= 0.6 is 11.8 Å². The molecule has 0 radical (unpaired) electrons. The van der Waals surface area contributed by atoms with Crippen molar-refractivity contribution >= 4 is 17.7 Å².